The second kappa shape index (κ2) is 6.19. The summed E-state index contributed by atoms with van der Waals surface area (Å²) in [7, 11) is -3.90. The van der Waals surface area contributed by atoms with E-state index >= 15 is 0 Å². The first kappa shape index (κ1) is 16.7. The van der Waals surface area contributed by atoms with Crippen molar-refractivity contribution >= 4 is 37.5 Å². The number of thiazole rings is 1. The summed E-state index contributed by atoms with van der Waals surface area (Å²) in [5.41, 5.74) is 5.69. The van der Waals surface area contributed by atoms with Gasteiger partial charge >= 0.3 is 4.87 Å². The number of carbonyl (C=O) groups is 1. The number of nitrogens with two attached hydrogens (primary N) is 1. The maximum Gasteiger partial charge on any atom is 0.305 e. The lowest BCUT2D eigenvalue weighted by Crippen LogP contribution is -2.45. The molecule has 1 aromatic heterocycles. The molecule has 1 amide bonds. The molecule has 22 heavy (non-hydrogen) atoms. The molecule has 0 fully saturated rings. The fraction of sp³-hybridized carbons (Fsp3) is 0.385. The van der Waals surface area contributed by atoms with Gasteiger partial charge in [0.25, 0.3) is 0 Å². The molecule has 1 heterocycles. The largest absolute Gasteiger partial charge is 0.368 e. The van der Waals surface area contributed by atoms with Gasteiger partial charge in [0.05, 0.1) is 15.1 Å². The minimum atomic E-state index is -3.90. The Balaban J connectivity index is 2.34. The monoisotopic (exact) mass is 343 g/mol. The molecule has 120 valence electrons. The van der Waals surface area contributed by atoms with Gasteiger partial charge in [-0.15, -0.1) is 0 Å². The predicted octanol–water partition coefficient (Wildman–Crippen LogP) is 0.768. The molecule has 1 atom stereocenters. The Kier molecular flexibility index (Phi) is 4.69. The van der Waals surface area contributed by atoms with Gasteiger partial charge in [-0.3, -0.25) is 9.59 Å². The molecule has 0 bridgehead atoms. The summed E-state index contributed by atoms with van der Waals surface area (Å²) < 4.78 is 27.7. The van der Waals surface area contributed by atoms with Crippen molar-refractivity contribution in [3.63, 3.8) is 0 Å². The van der Waals surface area contributed by atoms with Crippen LogP contribution < -0.4 is 15.3 Å². The van der Waals surface area contributed by atoms with E-state index in [0.29, 0.717) is 16.6 Å². The van der Waals surface area contributed by atoms with Crippen LogP contribution in [0.3, 0.4) is 0 Å². The number of sulfonamides is 1. The van der Waals surface area contributed by atoms with Crippen LogP contribution in [0.5, 0.6) is 0 Å². The molecule has 7 nitrogen and oxygen atoms in total. The Bertz CT molecular complexity index is 852. The third kappa shape index (κ3) is 3.73. The van der Waals surface area contributed by atoms with Crippen LogP contribution in [0, 0.1) is 5.92 Å². The number of carbonyl (C=O) groups excluding carboxylic acids is 1. The van der Waals surface area contributed by atoms with Crippen molar-refractivity contribution < 1.29 is 13.2 Å². The van der Waals surface area contributed by atoms with E-state index in [0.717, 1.165) is 11.3 Å². The lowest BCUT2D eigenvalue weighted by molar-refractivity contribution is -0.119. The van der Waals surface area contributed by atoms with E-state index in [1.54, 1.807) is 6.07 Å². The van der Waals surface area contributed by atoms with Gasteiger partial charge in [-0.05, 0) is 30.5 Å². The van der Waals surface area contributed by atoms with Crippen LogP contribution in [0.4, 0.5) is 0 Å². The van der Waals surface area contributed by atoms with Gasteiger partial charge < -0.3 is 10.7 Å². The van der Waals surface area contributed by atoms with Crippen molar-refractivity contribution in [1.29, 1.82) is 0 Å². The van der Waals surface area contributed by atoms with E-state index in [1.165, 1.54) is 12.1 Å². The molecule has 9 heteroatoms. The van der Waals surface area contributed by atoms with Crippen LogP contribution in [0.2, 0.25) is 0 Å². The van der Waals surface area contributed by atoms with Gasteiger partial charge in [0.1, 0.15) is 6.04 Å². The smallest absolute Gasteiger partial charge is 0.305 e. The zero-order valence-electron chi connectivity index (χ0n) is 12.1. The van der Waals surface area contributed by atoms with Crippen LogP contribution in [0.1, 0.15) is 20.3 Å². The molecule has 0 aliphatic rings. The molecule has 0 saturated heterocycles. The molecule has 0 spiro atoms. The summed E-state index contributed by atoms with van der Waals surface area (Å²) in [6.07, 6.45) is 0.312. The highest BCUT2D eigenvalue weighted by Crippen LogP contribution is 2.19. The molecule has 0 radical (unpaired) electrons. The highest BCUT2D eigenvalue weighted by Gasteiger charge is 2.25. The van der Waals surface area contributed by atoms with Gasteiger partial charge in [-0.2, -0.15) is 4.72 Å². The molecular formula is C13H17N3O4S2. The first-order valence-electron chi connectivity index (χ1n) is 6.63. The van der Waals surface area contributed by atoms with Crippen LogP contribution in [0.15, 0.2) is 27.9 Å². The summed E-state index contributed by atoms with van der Waals surface area (Å²) in [6, 6.07) is 3.33. The molecular weight excluding hydrogens is 326 g/mol. The number of hydrogen-bond donors (Lipinski definition) is 3. The lowest BCUT2D eigenvalue weighted by atomic mass is 10.0. The third-order valence-corrected chi connectivity index (χ3v) is 5.38. The molecule has 2 rings (SSSR count). The summed E-state index contributed by atoms with van der Waals surface area (Å²) in [5.74, 6) is -0.613. The molecule has 1 unspecified atom stereocenters. The standard InChI is InChI=1S/C13H17N3O4S2/c1-7(2)5-10(12(14)17)16-22(19,20)8-3-4-11-9(6-8)15-13(18)21-11/h3-4,6-7,10,16H,5H2,1-2H3,(H2,14,17)(H,15,18). The van der Waals surface area contributed by atoms with Crippen molar-refractivity contribution in [2.45, 2.75) is 31.2 Å². The second-order valence-electron chi connectivity index (χ2n) is 5.38. The number of primary amides is 1. The molecule has 1 aromatic carbocycles. The van der Waals surface area contributed by atoms with E-state index < -0.39 is 22.0 Å². The van der Waals surface area contributed by atoms with Gasteiger partial charge in [0, 0.05) is 0 Å². The van der Waals surface area contributed by atoms with Crippen molar-refractivity contribution in [2.24, 2.45) is 11.7 Å². The van der Waals surface area contributed by atoms with Crippen molar-refractivity contribution in [3.05, 3.63) is 27.9 Å². The fourth-order valence-corrected chi connectivity index (χ4v) is 4.01. The SMILES string of the molecule is CC(C)CC(NS(=O)(=O)c1ccc2sc(=O)[nH]c2c1)C(N)=O. The molecule has 2 aromatic rings. The maximum atomic E-state index is 12.4. The highest BCUT2D eigenvalue weighted by atomic mass is 32.2. The number of H-pyrrole nitrogens is 1. The number of benzene rings is 1. The molecule has 0 aliphatic carbocycles. The maximum absolute atomic E-state index is 12.4. The van der Waals surface area contributed by atoms with Gasteiger partial charge in [-0.1, -0.05) is 25.2 Å². The molecule has 4 N–H and O–H groups in total. The van der Waals surface area contributed by atoms with Crippen LogP contribution in [-0.2, 0) is 14.8 Å². The van der Waals surface area contributed by atoms with E-state index in [9.17, 15) is 18.0 Å². The lowest BCUT2D eigenvalue weighted by Gasteiger charge is -2.17. The van der Waals surface area contributed by atoms with Crippen molar-refractivity contribution in [2.75, 3.05) is 0 Å². The van der Waals surface area contributed by atoms with Gasteiger partial charge in [0.2, 0.25) is 15.9 Å². The van der Waals surface area contributed by atoms with Crippen LogP contribution in [0.25, 0.3) is 10.2 Å². The number of fused-ring (bicyclic) bond motifs is 1. The quantitative estimate of drug-likeness (QED) is 0.717. The summed E-state index contributed by atoms with van der Waals surface area (Å²) in [4.78, 5) is 25.0. The minimum absolute atomic E-state index is 0.0240. The Morgan fingerprint density at radius 3 is 2.68 bits per heavy atom. The summed E-state index contributed by atoms with van der Waals surface area (Å²) in [6.45, 7) is 3.73. The van der Waals surface area contributed by atoms with Gasteiger partial charge in [-0.25, -0.2) is 8.42 Å². The third-order valence-electron chi connectivity index (χ3n) is 3.05. The number of nitrogens with one attached hydrogen (secondary N) is 2. The Morgan fingerprint density at radius 1 is 1.41 bits per heavy atom. The number of aromatic amines is 1. The Labute approximate surface area is 131 Å². The van der Waals surface area contributed by atoms with Crippen molar-refractivity contribution in [1.82, 2.24) is 9.71 Å². The number of hydrogen-bond acceptors (Lipinski definition) is 5. The average molecular weight is 343 g/mol. The predicted molar refractivity (Wildman–Crippen MR) is 85.2 cm³/mol. The zero-order chi connectivity index (χ0) is 16.5. The number of aromatic nitrogens is 1. The number of amides is 1. The topological polar surface area (TPSA) is 122 Å². The van der Waals surface area contributed by atoms with Gasteiger partial charge in [0.15, 0.2) is 0 Å². The first-order valence-corrected chi connectivity index (χ1v) is 8.93. The number of rotatable bonds is 6. The average Bonchev–Trinajstić information content (AvgIpc) is 2.75. The van der Waals surface area contributed by atoms with E-state index in [2.05, 4.69) is 9.71 Å². The second-order valence-corrected chi connectivity index (χ2v) is 8.11. The van der Waals surface area contributed by atoms with Crippen LogP contribution in [-0.4, -0.2) is 25.4 Å². The minimum Gasteiger partial charge on any atom is -0.368 e. The zero-order valence-corrected chi connectivity index (χ0v) is 13.8. The highest BCUT2D eigenvalue weighted by molar-refractivity contribution is 7.89. The summed E-state index contributed by atoms with van der Waals surface area (Å²) >= 11 is 0.998. The first-order chi connectivity index (χ1) is 10.2. The van der Waals surface area contributed by atoms with Crippen molar-refractivity contribution in [3.8, 4) is 0 Å². The fourth-order valence-electron chi connectivity index (χ4n) is 2.05. The van der Waals surface area contributed by atoms with E-state index in [-0.39, 0.29) is 15.7 Å². The summed E-state index contributed by atoms with van der Waals surface area (Å²) in [5, 5.41) is 0. The molecule has 0 saturated carbocycles. The molecule has 0 aliphatic heterocycles. The van der Waals surface area contributed by atoms with Crippen LogP contribution >= 0.6 is 11.3 Å². The van der Waals surface area contributed by atoms with E-state index in [1.807, 2.05) is 13.8 Å². The Morgan fingerprint density at radius 2 is 2.09 bits per heavy atom. The normalized spacial score (nSPS) is 13.6. The Hall–Kier alpha value is -1.71. The van der Waals surface area contributed by atoms with E-state index in [4.69, 9.17) is 5.73 Å².